The molecule has 3 nitrogen and oxygen atoms in total. The summed E-state index contributed by atoms with van der Waals surface area (Å²) in [6, 6.07) is 9.44. The summed E-state index contributed by atoms with van der Waals surface area (Å²) in [5.74, 6) is 0.611. The molecule has 1 aromatic heterocycles. The maximum Gasteiger partial charge on any atom is 0.125 e. The van der Waals surface area contributed by atoms with Crippen molar-refractivity contribution in [3.05, 3.63) is 47.2 Å². The molecule has 0 amide bonds. The highest BCUT2D eigenvalue weighted by atomic mass is 16.1. The van der Waals surface area contributed by atoms with Gasteiger partial charge in [-0.1, -0.05) is 29.8 Å². The van der Waals surface area contributed by atoms with E-state index < -0.39 is 0 Å². The van der Waals surface area contributed by atoms with Gasteiger partial charge in [-0.05, 0) is 37.3 Å². The van der Waals surface area contributed by atoms with Crippen LogP contribution in [-0.4, -0.2) is 28.8 Å². The minimum atomic E-state index is 0.165. The highest BCUT2D eigenvalue weighted by Gasteiger charge is 2.52. The Labute approximate surface area is 130 Å². The van der Waals surface area contributed by atoms with Gasteiger partial charge in [-0.25, -0.2) is 0 Å². The maximum absolute atomic E-state index is 11.8. The third kappa shape index (κ3) is 1.42. The lowest BCUT2D eigenvalue weighted by Crippen LogP contribution is -2.60. The van der Waals surface area contributed by atoms with E-state index in [1.54, 1.807) is 0 Å². The first-order valence-electron chi connectivity index (χ1n) is 8.27. The van der Waals surface area contributed by atoms with E-state index >= 15 is 0 Å². The number of hydrogen-bond acceptors (Lipinski definition) is 2. The smallest absolute Gasteiger partial charge is 0.125 e. The predicted molar refractivity (Wildman–Crippen MR) is 86.7 cm³/mol. The zero-order valence-corrected chi connectivity index (χ0v) is 12.8. The van der Waals surface area contributed by atoms with Gasteiger partial charge in [-0.15, -0.1) is 0 Å². The summed E-state index contributed by atoms with van der Waals surface area (Å²) in [4.78, 5) is 18.0. The first kappa shape index (κ1) is 12.7. The van der Waals surface area contributed by atoms with Crippen LogP contribution in [0.2, 0.25) is 0 Å². The number of allylic oxidation sites excluding steroid dienone is 1. The Bertz CT molecular complexity index is 803. The molecule has 3 saturated heterocycles. The second-order valence-corrected chi connectivity index (χ2v) is 6.94. The number of carbonyl (C=O) groups is 1. The standard InChI is InChI=1S/C19H20N2O/c1-2-11-9-21-17-8-14-12-5-3-4-6-16(12)20-19(14)18(21)7-13(11)15(17)10-22/h2-6,10,13,15,17-18,20H,7-9H2,1H3/b11-2-/t13-,15?,17+,18+/m0/s1. The Morgan fingerprint density at radius 3 is 3.00 bits per heavy atom. The normalized spacial score (nSPS) is 37.5. The number of carbonyl (C=O) groups excluding carboxylic acids is 1. The van der Waals surface area contributed by atoms with Crippen molar-refractivity contribution < 1.29 is 4.79 Å². The zero-order chi connectivity index (χ0) is 14.8. The molecule has 2 aromatic rings. The van der Waals surface area contributed by atoms with Crippen molar-refractivity contribution in [1.29, 1.82) is 0 Å². The van der Waals surface area contributed by atoms with Crippen LogP contribution in [0.5, 0.6) is 0 Å². The van der Waals surface area contributed by atoms with Gasteiger partial charge in [0.05, 0.1) is 6.04 Å². The van der Waals surface area contributed by atoms with Crippen molar-refractivity contribution in [3.8, 4) is 0 Å². The van der Waals surface area contributed by atoms with Gasteiger partial charge in [0.25, 0.3) is 0 Å². The molecule has 0 spiro atoms. The summed E-state index contributed by atoms with van der Waals surface area (Å²) in [5, 5.41) is 1.35. The quantitative estimate of drug-likeness (QED) is 0.647. The molecular formula is C19H20N2O. The van der Waals surface area contributed by atoms with E-state index in [2.05, 4.69) is 47.1 Å². The minimum absolute atomic E-state index is 0.165. The molecule has 3 heteroatoms. The van der Waals surface area contributed by atoms with Crippen LogP contribution in [0, 0.1) is 11.8 Å². The SMILES string of the molecule is C/C=C1/CN2[C@@H]3C[C@@H]1C(C=O)[C@H]2Cc1c3[nH]c2ccccc12. The van der Waals surface area contributed by atoms with Gasteiger partial charge in [0.2, 0.25) is 0 Å². The Hall–Kier alpha value is -1.87. The topological polar surface area (TPSA) is 36.1 Å². The number of aldehydes is 1. The molecule has 4 bridgehead atoms. The van der Waals surface area contributed by atoms with Gasteiger partial charge in [-0.2, -0.15) is 0 Å². The lowest BCUT2D eigenvalue weighted by atomic mass is 9.64. The van der Waals surface area contributed by atoms with E-state index in [1.165, 1.54) is 34.0 Å². The molecule has 1 aromatic carbocycles. The number of nitrogens with one attached hydrogen (secondary N) is 1. The van der Waals surface area contributed by atoms with Crippen molar-refractivity contribution in [2.24, 2.45) is 11.8 Å². The third-order valence-electron chi connectivity index (χ3n) is 6.17. The van der Waals surface area contributed by atoms with Crippen LogP contribution >= 0.6 is 0 Å². The van der Waals surface area contributed by atoms with Crippen molar-refractivity contribution >= 4 is 17.2 Å². The van der Waals surface area contributed by atoms with Crippen LogP contribution < -0.4 is 0 Å². The Morgan fingerprint density at radius 1 is 1.32 bits per heavy atom. The summed E-state index contributed by atoms with van der Waals surface area (Å²) in [5.41, 5.74) is 5.56. The maximum atomic E-state index is 11.8. The Morgan fingerprint density at radius 2 is 2.18 bits per heavy atom. The van der Waals surface area contributed by atoms with E-state index in [-0.39, 0.29) is 5.92 Å². The van der Waals surface area contributed by atoms with E-state index in [1.807, 2.05) is 0 Å². The molecule has 0 saturated carbocycles. The van der Waals surface area contributed by atoms with E-state index in [9.17, 15) is 4.79 Å². The van der Waals surface area contributed by atoms with E-state index in [4.69, 9.17) is 0 Å². The van der Waals surface area contributed by atoms with Gasteiger partial charge >= 0.3 is 0 Å². The number of hydrogen-bond donors (Lipinski definition) is 1. The number of nitrogens with zero attached hydrogens (tertiary/aromatic N) is 1. The second-order valence-electron chi connectivity index (χ2n) is 6.94. The molecule has 4 aliphatic heterocycles. The fourth-order valence-corrected chi connectivity index (χ4v) is 5.17. The summed E-state index contributed by atoms with van der Waals surface area (Å²) in [6.07, 6.45) is 5.54. The summed E-state index contributed by atoms with van der Waals surface area (Å²) < 4.78 is 0. The summed E-state index contributed by atoms with van der Waals surface area (Å²) in [7, 11) is 0. The van der Waals surface area contributed by atoms with Crippen molar-refractivity contribution in [1.82, 2.24) is 9.88 Å². The minimum Gasteiger partial charge on any atom is -0.357 e. The van der Waals surface area contributed by atoms with Crippen molar-refractivity contribution in [2.45, 2.75) is 31.8 Å². The van der Waals surface area contributed by atoms with Crippen LogP contribution in [0.1, 0.15) is 30.6 Å². The fraction of sp³-hybridized carbons (Fsp3) is 0.421. The van der Waals surface area contributed by atoms with Crippen LogP contribution in [0.25, 0.3) is 10.9 Å². The molecule has 3 fully saturated rings. The van der Waals surface area contributed by atoms with Crippen LogP contribution in [0.15, 0.2) is 35.9 Å². The molecule has 22 heavy (non-hydrogen) atoms. The molecule has 5 heterocycles. The summed E-state index contributed by atoms with van der Waals surface area (Å²) >= 11 is 0. The van der Waals surface area contributed by atoms with Gasteiger partial charge in [0.15, 0.2) is 0 Å². The second kappa shape index (κ2) is 4.32. The van der Waals surface area contributed by atoms with Gasteiger partial charge in [0, 0.05) is 35.1 Å². The molecule has 4 aliphatic rings. The van der Waals surface area contributed by atoms with Crippen LogP contribution in [0.3, 0.4) is 0 Å². The first-order valence-corrected chi connectivity index (χ1v) is 8.27. The highest BCUT2D eigenvalue weighted by molar-refractivity contribution is 5.85. The Balaban J connectivity index is 1.70. The molecule has 0 aliphatic carbocycles. The third-order valence-corrected chi connectivity index (χ3v) is 6.17. The van der Waals surface area contributed by atoms with Crippen LogP contribution in [0.4, 0.5) is 0 Å². The first-order chi connectivity index (χ1) is 10.8. The molecular weight excluding hydrogens is 272 g/mol. The van der Waals surface area contributed by atoms with E-state index in [0.717, 1.165) is 19.4 Å². The van der Waals surface area contributed by atoms with Crippen molar-refractivity contribution in [2.75, 3.05) is 6.54 Å². The van der Waals surface area contributed by atoms with E-state index in [0.29, 0.717) is 18.0 Å². The van der Waals surface area contributed by atoms with Gasteiger partial charge in [-0.3, -0.25) is 4.90 Å². The number of fused-ring (bicyclic) bond motifs is 4. The average molecular weight is 292 g/mol. The molecule has 5 atom stereocenters. The number of aromatic amines is 1. The number of H-pyrrole nitrogens is 1. The molecule has 112 valence electrons. The Kier molecular flexibility index (Phi) is 2.49. The zero-order valence-electron chi connectivity index (χ0n) is 12.8. The number of rotatable bonds is 1. The molecule has 2 unspecified atom stereocenters. The van der Waals surface area contributed by atoms with Crippen LogP contribution in [-0.2, 0) is 11.2 Å². The van der Waals surface area contributed by atoms with Gasteiger partial charge < -0.3 is 9.78 Å². The van der Waals surface area contributed by atoms with Gasteiger partial charge in [0.1, 0.15) is 6.29 Å². The largest absolute Gasteiger partial charge is 0.357 e. The average Bonchev–Trinajstić information content (AvgIpc) is 2.93. The highest BCUT2D eigenvalue weighted by Crippen LogP contribution is 2.53. The fourth-order valence-electron chi connectivity index (χ4n) is 5.17. The van der Waals surface area contributed by atoms with Crippen molar-refractivity contribution in [3.63, 3.8) is 0 Å². The lowest BCUT2D eigenvalue weighted by Gasteiger charge is -2.57. The monoisotopic (exact) mass is 292 g/mol. The molecule has 6 rings (SSSR count). The molecule has 1 N–H and O–H groups in total. The number of piperidine rings is 3. The number of benzene rings is 1. The lowest BCUT2D eigenvalue weighted by molar-refractivity contribution is -0.121. The predicted octanol–water partition coefficient (Wildman–Crippen LogP) is 3.23. The number of para-hydroxylation sites is 1. The number of aromatic nitrogens is 1. The summed E-state index contributed by atoms with van der Waals surface area (Å²) in [6.45, 7) is 3.15. The molecule has 0 radical (unpaired) electrons.